The average molecular weight is 426 g/mol. The molecule has 0 spiro atoms. The number of carbonyl (C=O) groups is 1. The molecule has 0 bridgehead atoms. The molecule has 1 saturated carbocycles. The third kappa shape index (κ3) is 4.38. The Morgan fingerprint density at radius 1 is 1.23 bits per heavy atom. The zero-order chi connectivity index (χ0) is 21.3. The van der Waals surface area contributed by atoms with Gasteiger partial charge in [0.2, 0.25) is 0 Å². The monoisotopic (exact) mass is 425 g/mol. The van der Waals surface area contributed by atoms with Crippen molar-refractivity contribution in [3.8, 4) is 0 Å². The molecule has 0 atom stereocenters. The molecule has 158 valence electrons. The Kier molecular flexibility index (Phi) is 5.86. The first kappa shape index (κ1) is 20.9. The van der Waals surface area contributed by atoms with Crippen molar-refractivity contribution in [2.75, 3.05) is 11.9 Å². The highest BCUT2D eigenvalue weighted by Crippen LogP contribution is 2.41. The van der Waals surface area contributed by atoms with Gasteiger partial charge in [-0.15, -0.1) is 11.3 Å². The van der Waals surface area contributed by atoms with E-state index >= 15 is 0 Å². The topological polar surface area (TPSA) is 95.3 Å². The van der Waals surface area contributed by atoms with E-state index in [4.69, 9.17) is 4.98 Å². The maximum Gasteiger partial charge on any atom is 0.274 e. The number of rotatable bonds is 5. The number of aliphatic hydroxyl groups excluding tert-OH is 1. The fourth-order valence-corrected chi connectivity index (χ4v) is 5.21. The Labute approximate surface area is 180 Å². The maximum atomic E-state index is 12.7. The summed E-state index contributed by atoms with van der Waals surface area (Å²) in [5.41, 5.74) is 1.23. The zero-order valence-corrected chi connectivity index (χ0v) is 18.1. The minimum Gasteiger partial charge on any atom is -0.396 e. The molecule has 3 aromatic rings. The number of hydrogen-bond acceptors (Lipinski definition) is 6. The van der Waals surface area contributed by atoms with E-state index in [-0.39, 0.29) is 12.5 Å². The van der Waals surface area contributed by atoms with Crippen LogP contribution in [0.1, 0.15) is 66.5 Å². The first-order chi connectivity index (χ1) is 14.3. The number of aliphatic hydroxyl groups is 2. The molecule has 3 N–H and O–H groups in total. The third-order valence-electron chi connectivity index (χ3n) is 5.80. The lowest BCUT2D eigenvalue weighted by molar-refractivity contribution is 0.0794. The summed E-state index contributed by atoms with van der Waals surface area (Å²) in [6.07, 6.45) is 5.70. The van der Waals surface area contributed by atoms with E-state index in [0.717, 1.165) is 40.9 Å². The van der Waals surface area contributed by atoms with Gasteiger partial charge in [0.1, 0.15) is 5.69 Å². The molecule has 1 fully saturated rings. The van der Waals surface area contributed by atoms with Crippen LogP contribution in [0.4, 0.5) is 5.69 Å². The number of aromatic nitrogens is 2. The summed E-state index contributed by atoms with van der Waals surface area (Å²) in [4.78, 5) is 21.6. The van der Waals surface area contributed by atoms with Gasteiger partial charge in [-0.25, -0.2) is 4.98 Å². The van der Waals surface area contributed by atoms with E-state index in [0.29, 0.717) is 28.8 Å². The Morgan fingerprint density at radius 3 is 2.63 bits per heavy atom. The van der Waals surface area contributed by atoms with Crippen LogP contribution in [0, 0.1) is 5.92 Å². The number of benzene rings is 1. The van der Waals surface area contributed by atoms with Crippen molar-refractivity contribution in [2.45, 2.75) is 51.0 Å². The van der Waals surface area contributed by atoms with Crippen LogP contribution < -0.4 is 5.32 Å². The molecule has 30 heavy (non-hydrogen) atoms. The highest BCUT2D eigenvalue weighted by molar-refractivity contribution is 7.18. The summed E-state index contributed by atoms with van der Waals surface area (Å²) < 4.78 is 0.985. The molecular formula is C23H27N3O3S. The van der Waals surface area contributed by atoms with Crippen molar-refractivity contribution < 1.29 is 15.0 Å². The van der Waals surface area contributed by atoms with Crippen molar-refractivity contribution >= 4 is 33.1 Å². The number of thiazole rings is 1. The summed E-state index contributed by atoms with van der Waals surface area (Å²) in [7, 11) is 0. The Morgan fingerprint density at radius 2 is 2.00 bits per heavy atom. The number of fused-ring (bicyclic) bond motifs is 1. The fraction of sp³-hybridized carbons (Fsp3) is 0.435. The second-order valence-corrected chi connectivity index (χ2v) is 9.61. The Hall–Kier alpha value is -2.35. The minimum absolute atomic E-state index is 0.265. The van der Waals surface area contributed by atoms with Gasteiger partial charge in [-0.3, -0.25) is 9.78 Å². The number of hydrogen-bond donors (Lipinski definition) is 3. The minimum atomic E-state index is -1.14. The Bertz CT molecular complexity index is 1040. The van der Waals surface area contributed by atoms with Gasteiger partial charge in [0, 0.05) is 30.0 Å². The predicted octanol–water partition coefficient (Wildman–Crippen LogP) is 4.44. The zero-order valence-electron chi connectivity index (χ0n) is 17.3. The number of amides is 1. The number of carbonyl (C=O) groups excluding carboxylic acids is 1. The van der Waals surface area contributed by atoms with Crippen LogP contribution in [0.5, 0.6) is 0 Å². The van der Waals surface area contributed by atoms with Crippen molar-refractivity contribution in [3.63, 3.8) is 0 Å². The molecule has 6 nitrogen and oxygen atoms in total. The lowest BCUT2D eigenvalue weighted by Crippen LogP contribution is -2.21. The number of pyridine rings is 1. The molecule has 2 heterocycles. The van der Waals surface area contributed by atoms with Gasteiger partial charge in [0.15, 0.2) is 0 Å². The molecule has 7 heteroatoms. The van der Waals surface area contributed by atoms with Crippen molar-refractivity contribution in [1.82, 2.24) is 9.97 Å². The normalized spacial score (nSPS) is 19.7. The number of nitrogens with zero attached hydrogens (tertiary/aromatic N) is 2. The van der Waals surface area contributed by atoms with E-state index in [1.54, 1.807) is 49.6 Å². The van der Waals surface area contributed by atoms with Crippen LogP contribution in [0.3, 0.4) is 0 Å². The molecule has 1 aliphatic carbocycles. The van der Waals surface area contributed by atoms with Crippen LogP contribution >= 0.6 is 11.3 Å². The van der Waals surface area contributed by atoms with Gasteiger partial charge < -0.3 is 15.5 Å². The Balaban J connectivity index is 1.66. The van der Waals surface area contributed by atoms with Crippen molar-refractivity contribution in [1.29, 1.82) is 0 Å². The number of anilines is 1. The van der Waals surface area contributed by atoms with E-state index in [9.17, 15) is 15.0 Å². The van der Waals surface area contributed by atoms with Gasteiger partial charge in [-0.1, -0.05) is 6.07 Å². The second-order valence-electron chi connectivity index (χ2n) is 8.55. The molecule has 0 unspecified atom stereocenters. The summed E-state index contributed by atoms with van der Waals surface area (Å²) in [6.45, 7) is 3.67. The van der Waals surface area contributed by atoms with Crippen LogP contribution in [0.15, 0.2) is 36.5 Å². The highest BCUT2D eigenvalue weighted by atomic mass is 32.1. The van der Waals surface area contributed by atoms with Crippen LogP contribution in [0.2, 0.25) is 0 Å². The SMILES string of the molecule is CC(C)(O)c1cc2nc([C@H]3CC[C@H](CO)CC3)sc2cc1NC(=O)c1ccccn1. The lowest BCUT2D eigenvalue weighted by atomic mass is 9.83. The largest absolute Gasteiger partial charge is 0.396 e. The van der Waals surface area contributed by atoms with Gasteiger partial charge >= 0.3 is 0 Å². The van der Waals surface area contributed by atoms with Crippen molar-refractivity contribution in [2.24, 2.45) is 5.92 Å². The quantitative estimate of drug-likeness (QED) is 0.562. The molecule has 4 rings (SSSR count). The van der Waals surface area contributed by atoms with E-state index < -0.39 is 5.60 Å². The summed E-state index contributed by atoms with van der Waals surface area (Å²) in [5, 5.41) is 24.1. The maximum absolute atomic E-state index is 12.7. The lowest BCUT2D eigenvalue weighted by Gasteiger charge is -2.25. The average Bonchev–Trinajstić information content (AvgIpc) is 3.16. The molecule has 2 aromatic heterocycles. The molecule has 0 aliphatic heterocycles. The van der Waals surface area contributed by atoms with Gasteiger partial charge in [-0.2, -0.15) is 0 Å². The summed E-state index contributed by atoms with van der Waals surface area (Å²) in [6, 6.07) is 8.97. The molecule has 1 aliphatic rings. The third-order valence-corrected chi connectivity index (χ3v) is 6.98. The van der Waals surface area contributed by atoms with E-state index in [1.165, 1.54) is 0 Å². The second kappa shape index (κ2) is 8.41. The first-order valence-corrected chi connectivity index (χ1v) is 11.2. The van der Waals surface area contributed by atoms with Gasteiger partial charge in [-0.05, 0) is 69.7 Å². The van der Waals surface area contributed by atoms with Crippen LogP contribution in [-0.4, -0.2) is 32.7 Å². The van der Waals surface area contributed by atoms with Crippen LogP contribution in [0.25, 0.3) is 10.2 Å². The molecular weight excluding hydrogens is 398 g/mol. The van der Waals surface area contributed by atoms with Crippen molar-refractivity contribution in [3.05, 3.63) is 52.8 Å². The standard InChI is InChI=1S/C23H27N3O3S/c1-23(2,29)16-11-19-20(12-18(16)25-21(28)17-5-3-4-10-24-17)30-22(26-19)15-8-6-14(13-27)7-9-15/h3-5,10-12,14-15,27,29H,6-9,13H2,1-2H3,(H,25,28)/t14-,15-. The molecule has 1 amide bonds. The predicted molar refractivity (Wildman–Crippen MR) is 119 cm³/mol. The highest BCUT2D eigenvalue weighted by Gasteiger charge is 2.27. The molecule has 1 aromatic carbocycles. The molecule has 0 radical (unpaired) electrons. The number of nitrogens with one attached hydrogen (secondary N) is 1. The smallest absolute Gasteiger partial charge is 0.274 e. The first-order valence-electron chi connectivity index (χ1n) is 10.4. The van der Waals surface area contributed by atoms with Gasteiger partial charge in [0.25, 0.3) is 5.91 Å². The van der Waals surface area contributed by atoms with E-state index in [2.05, 4.69) is 10.3 Å². The van der Waals surface area contributed by atoms with Gasteiger partial charge in [0.05, 0.1) is 20.8 Å². The summed E-state index contributed by atoms with van der Waals surface area (Å²) in [5.74, 6) is 0.501. The molecule has 0 saturated heterocycles. The fourth-order valence-electron chi connectivity index (χ4n) is 4.05. The van der Waals surface area contributed by atoms with Crippen LogP contribution in [-0.2, 0) is 5.60 Å². The van der Waals surface area contributed by atoms with E-state index in [1.807, 2.05) is 12.1 Å². The summed E-state index contributed by atoms with van der Waals surface area (Å²) >= 11 is 1.65.